The molecule has 0 aromatic heterocycles. The number of amides is 1. The van der Waals surface area contributed by atoms with Crippen molar-refractivity contribution in [1.82, 2.24) is 0 Å². The van der Waals surface area contributed by atoms with Crippen molar-refractivity contribution in [1.29, 1.82) is 0 Å². The summed E-state index contributed by atoms with van der Waals surface area (Å²) in [6.07, 6.45) is 1.89. The minimum Gasteiger partial charge on any atom is -0.322 e. The molecule has 0 fully saturated rings. The van der Waals surface area contributed by atoms with E-state index in [2.05, 4.69) is 5.32 Å². The summed E-state index contributed by atoms with van der Waals surface area (Å²) in [5.74, 6) is -0.160. The molecule has 0 aliphatic carbocycles. The van der Waals surface area contributed by atoms with Crippen LogP contribution in [0.5, 0.6) is 0 Å². The lowest BCUT2D eigenvalue weighted by atomic mass is 10.0. The van der Waals surface area contributed by atoms with Gasteiger partial charge in [-0.1, -0.05) is 72.3 Å². The molecule has 0 atom stereocenters. The number of anilines is 1. The van der Waals surface area contributed by atoms with Crippen LogP contribution in [0.1, 0.15) is 11.1 Å². The molecule has 3 aromatic carbocycles. The SMILES string of the molecule is O=C(Nc1ccc(Cl)cc1)/C(=C/c1ccccc1)c1ccccc1. The molecule has 3 aromatic rings. The Bertz CT molecular complexity index is 840. The van der Waals surface area contributed by atoms with Crippen LogP contribution in [0, 0.1) is 0 Å². The second-order valence-corrected chi connectivity index (χ2v) is 5.73. The third-order valence-electron chi connectivity index (χ3n) is 3.54. The Morgan fingerprint density at radius 2 is 1.38 bits per heavy atom. The first-order valence-corrected chi connectivity index (χ1v) is 7.99. The molecular formula is C21H16ClNO. The Morgan fingerprint density at radius 1 is 0.792 bits per heavy atom. The molecular weight excluding hydrogens is 318 g/mol. The summed E-state index contributed by atoms with van der Waals surface area (Å²) in [6, 6.07) is 26.5. The van der Waals surface area contributed by atoms with E-state index >= 15 is 0 Å². The maximum absolute atomic E-state index is 12.8. The van der Waals surface area contributed by atoms with E-state index < -0.39 is 0 Å². The highest BCUT2D eigenvalue weighted by molar-refractivity contribution is 6.31. The predicted molar refractivity (Wildman–Crippen MR) is 101 cm³/mol. The molecule has 0 unspecified atom stereocenters. The third-order valence-corrected chi connectivity index (χ3v) is 3.79. The van der Waals surface area contributed by atoms with Gasteiger partial charge in [-0.15, -0.1) is 0 Å². The highest BCUT2D eigenvalue weighted by atomic mass is 35.5. The number of hydrogen-bond acceptors (Lipinski definition) is 1. The van der Waals surface area contributed by atoms with Crippen LogP contribution < -0.4 is 5.32 Å². The number of halogens is 1. The molecule has 0 saturated carbocycles. The minimum atomic E-state index is -0.160. The van der Waals surface area contributed by atoms with E-state index in [1.807, 2.05) is 66.7 Å². The van der Waals surface area contributed by atoms with Crippen molar-refractivity contribution < 1.29 is 4.79 Å². The molecule has 1 amide bonds. The van der Waals surface area contributed by atoms with Crippen molar-refractivity contribution >= 4 is 34.8 Å². The number of carbonyl (C=O) groups is 1. The van der Waals surface area contributed by atoms with Crippen molar-refractivity contribution in [3.63, 3.8) is 0 Å². The molecule has 0 bridgehead atoms. The van der Waals surface area contributed by atoms with Crippen LogP contribution in [0.25, 0.3) is 11.6 Å². The van der Waals surface area contributed by atoms with Gasteiger partial charge in [0.2, 0.25) is 0 Å². The number of benzene rings is 3. The highest BCUT2D eigenvalue weighted by Crippen LogP contribution is 2.21. The van der Waals surface area contributed by atoms with Gasteiger partial charge in [0.05, 0.1) is 0 Å². The van der Waals surface area contributed by atoms with Crippen molar-refractivity contribution in [2.45, 2.75) is 0 Å². The molecule has 0 heterocycles. The van der Waals surface area contributed by atoms with Crippen LogP contribution in [0.2, 0.25) is 5.02 Å². The lowest BCUT2D eigenvalue weighted by Crippen LogP contribution is -2.13. The second-order valence-electron chi connectivity index (χ2n) is 5.30. The Labute approximate surface area is 146 Å². The van der Waals surface area contributed by atoms with Gasteiger partial charge in [0.25, 0.3) is 5.91 Å². The van der Waals surface area contributed by atoms with E-state index in [9.17, 15) is 4.79 Å². The fourth-order valence-electron chi connectivity index (χ4n) is 2.35. The van der Waals surface area contributed by atoms with Crippen molar-refractivity contribution in [2.75, 3.05) is 5.32 Å². The molecule has 0 aliphatic heterocycles. The number of hydrogen-bond donors (Lipinski definition) is 1. The van der Waals surface area contributed by atoms with Crippen LogP contribution >= 0.6 is 11.6 Å². The lowest BCUT2D eigenvalue weighted by Gasteiger charge is -2.10. The summed E-state index contributed by atoms with van der Waals surface area (Å²) in [5.41, 5.74) is 3.16. The lowest BCUT2D eigenvalue weighted by molar-refractivity contribution is -0.111. The average molecular weight is 334 g/mol. The second kappa shape index (κ2) is 7.62. The maximum atomic E-state index is 12.8. The summed E-state index contributed by atoms with van der Waals surface area (Å²) in [5, 5.41) is 3.56. The number of carbonyl (C=O) groups excluding carboxylic acids is 1. The van der Waals surface area contributed by atoms with Crippen LogP contribution in [0.3, 0.4) is 0 Å². The van der Waals surface area contributed by atoms with E-state index in [-0.39, 0.29) is 5.91 Å². The summed E-state index contributed by atoms with van der Waals surface area (Å²) in [6.45, 7) is 0. The van der Waals surface area contributed by atoms with E-state index in [1.165, 1.54) is 0 Å². The molecule has 24 heavy (non-hydrogen) atoms. The van der Waals surface area contributed by atoms with E-state index in [4.69, 9.17) is 11.6 Å². The number of nitrogens with one attached hydrogen (secondary N) is 1. The standard InChI is InChI=1S/C21H16ClNO/c22-18-11-13-19(14-12-18)23-21(24)20(17-9-5-2-6-10-17)15-16-7-3-1-4-8-16/h1-15H,(H,23,24)/b20-15+. The first kappa shape index (κ1) is 16.0. The van der Waals surface area contributed by atoms with Crippen molar-refractivity contribution in [3.05, 3.63) is 101 Å². The topological polar surface area (TPSA) is 29.1 Å². The fraction of sp³-hybridized carbons (Fsp3) is 0. The fourth-order valence-corrected chi connectivity index (χ4v) is 2.47. The summed E-state index contributed by atoms with van der Waals surface area (Å²) < 4.78 is 0. The highest BCUT2D eigenvalue weighted by Gasteiger charge is 2.12. The Hall–Kier alpha value is -2.84. The quantitative estimate of drug-likeness (QED) is 0.494. The zero-order valence-electron chi connectivity index (χ0n) is 12.9. The summed E-state index contributed by atoms with van der Waals surface area (Å²) >= 11 is 5.89. The van der Waals surface area contributed by atoms with Crippen LogP contribution in [-0.4, -0.2) is 5.91 Å². The van der Waals surface area contributed by atoms with Gasteiger partial charge in [0.15, 0.2) is 0 Å². The number of rotatable bonds is 4. The summed E-state index contributed by atoms with van der Waals surface area (Å²) in [4.78, 5) is 12.8. The largest absolute Gasteiger partial charge is 0.322 e. The Kier molecular flexibility index (Phi) is 5.09. The first-order chi connectivity index (χ1) is 11.7. The zero-order chi connectivity index (χ0) is 16.8. The normalized spacial score (nSPS) is 11.1. The van der Waals surface area contributed by atoms with Gasteiger partial charge in [0.1, 0.15) is 0 Å². The van der Waals surface area contributed by atoms with Gasteiger partial charge in [-0.3, -0.25) is 4.79 Å². The summed E-state index contributed by atoms with van der Waals surface area (Å²) in [7, 11) is 0. The molecule has 0 spiro atoms. The van der Waals surface area contributed by atoms with Gasteiger partial charge >= 0.3 is 0 Å². The van der Waals surface area contributed by atoms with Gasteiger partial charge < -0.3 is 5.32 Å². The van der Waals surface area contributed by atoms with E-state index in [0.717, 1.165) is 11.1 Å². The van der Waals surface area contributed by atoms with Crippen LogP contribution in [0.4, 0.5) is 5.69 Å². The molecule has 118 valence electrons. The zero-order valence-corrected chi connectivity index (χ0v) is 13.7. The van der Waals surface area contributed by atoms with Gasteiger partial charge in [-0.2, -0.15) is 0 Å². The predicted octanol–water partition coefficient (Wildman–Crippen LogP) is 5.52. The molecule has 3 heteroatoms. The molecule has 1 N–H and O–H groups in total. The van der Waals surface area contributed by atoms with Crippen LogP contribution in [0.15, 0.2) is 84.9 Å². The molecule has 0 saturated heterocycles. The van der Waals surface area contributed by atoms with Crippen molar-refractivity contribution in [3.8, 4) is 0 Å². The van der Waals surface area contributed by atoms with Gasteiger partial charge in [-0.25, -0.2) is 0 Å². The van der Waals surface area contributed by atoms with Crippen LogP contribution in [-0.2, 0) is 4.79 Å². The monoisotopic (exact) mass is 333 g/mol. The van der Waals surface area contributed by atoms with Gasteiger partial charge in [0, 0.05) is 16.3 Å². The smallest absolute Gasteiger partial charge is 0.256 e. The first-order valence-electron chi connectivity index (χ1n) is 7.61. The van der Waals surface area contributed by atoms with E-state index in [1.54, 1.807) is 24.3 Å². The average Bonchev–Trinajstić information content (AvgIpc) is 2.63. The van der Waals surface area contributed by atoms with Crippen molar-refractivity contribution in [2.24, 2.45) is 0 Å². The Morgan fingerprint density at radius 3 is 2.00 bits per heavy atom. The third kappa shape index (κ3) is 4.12. The Balaban J connectivity index is 1.94. The molecule has 2 nitrogen and oxygen atoms in total. The van der Waals surface area contributed by atoms with Gasteiger partial charge in [-0.05, 0) is 41.5 Å². The molecule has 0 aliphatic rings. The minimum absolute atomic E-state index is 0.160. The maximum Gasteiger partial charge on any atom is 0.256 e. The molecule has 3 rings (SSSR count). The van der Waals surface area contributed by atoms with E-state index in [0.29, 0.717) is 16.3 Å². The molecule has 0 radical (unpaired) electrons.